The van der Waals surface area contributed by atoms with Gasteiger partial charge in [-0.05, 0) is 236 Å². The lowest BCUT2D eigenvalue weighted by molar-refractivity contribution is 0.412. The number of unbranched alkanes of at least 4 members (excludes halogenated alkanes) is 1. The fraction of sp³-hybridized carbons (Fsp3) is 0.310. The summed E-state index contributed by atoms with van der Waals surface area (Å²) in [5, 5.41) is 9.11. The summed E-state index contributed by atoms with van der Waals surface area (Å²) in [4.78, 5) is 19.0. The summed E-state index contributed by atoms with van der Waals surface area (Å²) in [6.07, 6.45) is 25.0. The summed E-state index contributed by atoms with van der Waals surface area (Å²) in [7, 11) is 2.08. The molecule has 98 heavy (non-hydrogen) atoms. The van der Waals surface area contributed by atoms with Gasteiger partial charge in [-0.2, -0.15) is 0 Å². The molecule has 0 amide bonds. The molecule has 7 nitrogen and oxygen atoms in total. The molecule has 0 spiro atoms. The topological polar surface area (TPSA) is 99.7 Å². The molecular weight excluding hydrogens is 1270 g/mol. The van der Waals surface area contributed by atoms with Gasteiger partial charge in [-0.3, -0.25) is 0 Å². The van der Waals surface area contributed by atoms with E-state index in [2.05, 4.69) is 154 Å². The fourth-order valence-electron chi connectivity index (χ4n) is 12.2. The molecule has 514 valence electrons. The highest BCUT2D eigenvalue weighted by Gasteiger charge is 2.16. The van der Waals surface area contributed by atoms with Crippen molar-refractivity contribution in [1.29, 1.82) is 0 Å². The third-order valence-corrected chi connectivity index (χ3v) is 17.6. The van der Waals surface area contributed by atoms with E-state index in [9.17, 15) is 22.0 Å². The van der Waals surface area contributed by atoms with Gasteiger partial charge in [0.25, 0.3) is 0 Å². The van der Waals surface area contributed by atoms with E-state index >= 15 is 0 Å². The van der Waals surface area contributed by atoms with Crippen molar-refractivity contribution in [2.24, 2.45) is 18.4 Å². The molecule has 0 aliphatic heterocycles. The van der Waals surface area contributed by atoms with E-state index in [-0.39, 0.29) is 34.5 Å². The van der Waals surface area contributed by atoms with Crippen molar-refractivity contribution in [2.75, 3.05) is 0 Å². The third-order valence-electron chi connectivity index (χ3n) is 17.2. The number of rotatable bonds is 12. The Morgan fingerprint density at radius 1 is 0.469 bits per heavy atom. The normalized spacial score (nSPS) is 11.4. The summed E-state index contributed by atoms with van der Waals surface area (Å²) in [5.41, 5.74) is 17.3. The van der Waals surface area contributed by atoms with Crippen LogP contribution < -0.4 is 0 Å². The van der Waals surface area contributed by atoms with E-state index in [4.69, 9.17) is 23.2 Å². The number of hydrogen-bond donors (Lipinski definition) is 6. The fourth-order valence-corrected chi connectivity index (χ4v) is 12.7. The highest BCUT2D eigenvalue weighted by molar-refractivity contribution is 6.31. The lowest BCUT2D eigenvalue weighted by atomic mass is 9.88. The van der Waals surface area contributed by atoms with Crippen LogP contribution in [-0.4, -0.2) is 34.5 Å². The van der Waals surface area contributed by atoms with Crippen LogP contribution in [0.5, 0.6) is 0 Å². The molecule has 14 heteroatoms. The molecule has 6 N–H and O–H groups in total. The van der Waals surface area contributed by atoms with Crippen molar-refractivity contribution in [3.8, 4) is 11.8 Å². The molecule has 0 saturated heterocycles. The predicted octanol–water partition coefficient (Wildman–Crippen LogP) is 25.4. The van der Waals surface area contributed by atoms with E-state index in [1.54, 1.807) is 67.7 Å². The lowest BCUT2D eigenvalue weighted by Crippen LogP contribution is -2.08. The molecule has 1 atom stereocenters. The first-order valence-electron chi connectivity index (χ1n) is 34.1. The van der Waals surface area contributed by atoms with Crippen LogP contribution >= 0.6 is 23.2 Å². The van der Waals surface area contributed by atoms with Crippen molar-refractivity contribution >= 4 is 99.5 Å². The standard InChI is InChI=1S/C13H16FN.2C12H14ClN.3C12H14FN.C11H8FN/c1-13(2,3)7-9-8-15-12-5-4-10(14)6-11(9)12;1-3-4-9-7-14-12-8(2)5-10(13)6-11(9)12;1-3-4-9-8-14(2)12-6-5-10(13)7-11(9)12;1-8(2)5-9-7-14-12-4-3-10(13)6-11(9)12;1-3-8(2)11-7-14-12-5-4-9(13)6-10(11)12;1-2-3-4-9-8-14-12-6-5-10(13)7-11(9)12;1-2-3-8-7-13-11-5-4-9(12)6-10(8)11/h4-6,8,15H,7H2,1-3H3;5-7,14H,3-4H2,1-2H3;5-8H,3-4H2,1-2H3;3-4,6-8,14H,5H2,1-2H3;4-8,14H,3H2,1-2H3;5-8,14H,2-4H2,1H3;4-7,13H,1H3. The number of benzene rings is 7. The van der Waals surface area contributed by atoms with E-state index < -0.39 is 0 Å². The zero-order chi connectivity index (χ0) is 70.8. The SMILES string of the molecule is CC#Cc1c[nH]c2ccc(F)cc12.CC(C)(C)Cc1c[nH]c2ccc(F)cc12.CC(C)Cc1c[nH]c2ccc(F)cc12.CCC(C)c1c[nH]c2ccc(F)cc12.CCCCc1c[nH]c2ccc(F)cc12.CCCc1c[nH]c2c(C)cc(Cl)cc12.CCCc1cn(C)c2ccc(Cl)cc12. The lowest BCUT2D eigenvalue weighted by Gasteiger charge is -2.17. The van der Waals surface area contributed by atoms with Gasteiger partial charge in [0.2, 0.25) is 0 Å². The minimum atomic E-state index is -0.230. The van der Waals surface area contributed by atoms with Gasteiger partial charge in [0, 0.05) is 142 Å². The minimum Gasteiger partial charge on any atom is -0.361 e. The Labute approximate surface area is 584 Å². The maximum Gasteiger partial charge on any atom is 0.124 e. The molecule has 7 heterocycles. The Balaban J connectivity index is 0.000000146. The maximum absolute atomic E-state index is 13.1. The molecule has 1 unspecified atom stereocenters. The number of aromatic nitrogens is 7. The molecule has 14 aromatic rings. The predicted molar refractivity (Wildman–Crippen MR) is 407 cm³/mol. The van der Waals surface area contributed by atoms with E-state index in [0.29, 0.717) is 11.8 Å². The van der Waals surface area contributed by atoms with Gasteiger partial charge in [-0.25, -0.2) is 22.0 Å². The Hall–Kier alpha value is -8.89. The summed E-state index contributed by atoms with van der Waals surface area (Å²) in [6, 6.07) is 34.3. The van der Waals surface area contributed by atoms with Crippen molar-refractivity contribution in [3.05, 3.63) is 248 Å². The Kier molecular flexibility index (Phi) is 26.8. The zero-order valence-electron chi connectivity index (χ0n) is 58.9. The molecular formula is C84H94Cl2F5N7. The molecule has 0 fully saturated rings. The quantitative estimate of drug-likeness (QED) is 0.0519. The van der Waals surface area contributed by atoms with Crippen LogP contribution in [0.1, 0.15) is 159 Å². The Bertz CT molecular complexity index is 4950. The van der Waals surface area contributed by atoms with Crippen molar-refractivity contribution < 1.29 is 22.0 Å². The monoisotopic (exact) mass is 1370 g/mol. The van der Waals surface area contributed by atoms with Gasteiger partial charge >= 0.3 is 0 Å². The van der Waals surface area contributed by atoms with E-state index in [1.165, 1.54) is 116 Å². The van der Waals surface area contributed by atoms with Gasteiger partial charge < -0.3 is 34.5 Å². The van der Waals surface area contributed by atoms with Gasteiger partial charge in [0.15, 0.2) is 0 Å². The molecule has 0 bridgehead atoms. The number of nitrogens with one attached hydrogen (secondary N) is 6. The molecule has 7 aromatic heterocycles. The zero-order valence-corrected chi connectivity index (χ0v) is 60.4. The van der Waals surface area contributed by atoms with Gasteiger partial charge in [-0.1, -0.05) is 118 Å². The van der Waals surface area contributed by atoms with E-state index in [0.717, 1.165) is 115 Å². The number of fused-ring (bicyclic) bond motifs is 7. The second-order valence-corrected chi connectivity index (χ2v) is 27.7. The van der Waals surface area contributed by atoms with Crippen LogP contribution in [0, 0.1) is 59.2 Å². The molecule has 0 saturated carbocycles. The third kappa shape index (κ3) is 20.1. The summed E-state index contributed by atoms with van der Waals surface area (Å²) < 4.78 is 67.2. The van der Waals surface area contributed by atoms with Crippen LogP contribution in [-0.2, 0) is 39.2 Å². The van der Waals surface area contributed by atoms with Crippen LogP contribution in [0.15, 0.2) is 165 Å². The summed E-state index contributed by atoms with van der Waals surface area (Å²) in [5.74, 6) is 5.88. The second-order valence-electron chi connectivity index (χ2n) is 26.8. The number of nitrogens with zero attached hydrogens (tertiary/aromatic N) is 1. The Morgan fingerprint density at radius 2 is 0.929 bits per heavy atom. The van der Waals surface area contributed by atoms with Crippen LogP contribution in [0.2, 0.25) is 10.0 Å². The molecule has 14 rings (SSSR count). The Morgan fingerprint density at radius 3 is 1.47 bits per heavy atom. The average molecular weight is 1370 g/mol. The molecule has 7 aromatic carbocycles. The van der Waals surface area contributed by atoms with Crippen LogP contribution in [0.3, 0.4) is 0 Å². The van der Waals surface area contributed by atoms with Gasteiger partial charge in [-0.15, -0.1) is 5.92 Å². The largest absolute Gasteiger partial charge is 0.361 e. The highest BCUT2D eigenvalue weighted by Crippen LogP contribution is 2.32. The average Bonchev–Trinajstić information content (AvgIpc) is 1.67. The van der Waals surface area contributed by atoms with E-state index in [1.807, 2.05) is 43.0 Å². The number of aromatic amines is 6. The maximum atomic E-state index is 13.1. The smallest absolute Gasteiger partial charge is 0.124 e. The molecule has 0 aliphatic carbocycles. The first kappa shape index (κ1) is 74.9. The van der Waals surface area contributed by atoms with Crippen LogP contribution in [0.25, 0.3) is 76.3 Å². The summed E-state index contributed by atoms with van der Waals surface area (Å²) >= 11 is 12.0. The molecule has 0 radical (unpaired) electrons. The van der Waals surface area contributed by atoms with Gasteiger partial charge in [0.05, 0.1) is 0 Å². The number of aryl methyl sites for hydroxylation is 5. The van der Waals surface area contributed by atoms with Crippen molar-refractivity contribution in [3.63, 3.8) is 0 Å². The number of hydrogen-bond acceptors (Lipinski definition) is 0. The first-order chi connectivity index (χ1) is 46.9. The minimum absolute atomic E-state index is 0.158. The van der Waals surface area contributed by atoms with Gasteiger partial charge in [0.1, 0.15) is 29.1 Å². The number of H-pyrrole nitrogens is 6. The van der Waals surface area contributed by atoms with Crippen LogP contribution in [0.4, 0.5) is 22.0 Å². The highest BCUT2D eigenvalue weighted by atomic mass is 35.5. The van der Waals surface area contributed by atoms with Crippen molar-refractivity contribution in [2.45, 2.75) is 153 Å². The number of halogens is 7. The summed E-state index contributed by atoms with van der Waals surface area (Å²) in [6.45, 7) is 25.6. The first-order valence-corrected chi connectivity index (χ1v) is 34.9. The second kappa shape index (κ2) is 35.1. The molecule has 0 aliphatic rings. The van der Waals surface area contributed by atoms with Crippen molar-refractivity contribution in [1.82, 2.24) is 34.5 Å².